The molecule has 0 saturated carbocycles. The van der Waals surface area contributed by atoms with E-state index in [0.717, 1.165) is 17.1 Å². The normalized spacial score (nSPS) is 8.70. The van der Waals surface area contributed by atoms with Gasteiger partial charge in [0.05, 0.1) is 0 Å². The quantitative estimate of drug-likeness (QED) is 0.488. The van der Waals surface area contributed by atoms with Crippen molar-refractivity contribution >= 4 is 0 Å². The first-order valence-corrected chi connectivity index (χ1v) is 2.89. The van der Waals surface area contributed by atoms with E-state index < -0.39 is 0 Å². The summed E-state index contributed by atoms with van der Waals surface area (Å²) in [6.45, 7) is 5.78. The number of hydrogen-bond donors (Lipinski definition) is 0. The summed E-state index contributed by atoms with van der Waals surface area (Å²) in [5, 5.41) is 0. The minimum absolute atomic E-state index is 0. The number of rotatable bonds is 0. The van der Waals surface area contributed by atoms with Crippen molar-refractivity contribution in [1.82, 2.24) is 9.97 Å². The van der Waals surface area contributed by atoms with Crippen molar-refractivity contribution in [2.24, 2.45) is 0 Å². The van der Waals surface area contributed by atoms with Gasteiger partial charge in [0.25, 0.3) is 0 Å². The maximum atomic E-state index is 4.13. The van der Waals surface area contributed by atoms with Crippen molar-refractivity contribution in [3.63, 3.8) is 0 Å². The molecular weight excluding hydrogens is 215 g/mol. The van der Waals surface area contributed by atoms with Crippen molar-refractivity contribution in [3.05, 3.63) is 23.3 Å². The van der Waals surface area contributed by atoms with E-state index in [9.17, 15) is 0 Å². The molecule has 0 spiro atoms. The van der Waals surface area contributed by atoms with Gasteiger partial charge in [0, 0.05) is 25.3 Å². The monoisotopic (exact) mass is 224 g/mol. The first-order valence-electron chi connectivity index (χ1n) is 2.89. The molecule has 0 aliphatic rings. The molecule has 0 amide bonds. The third-order valence-corrected chi connectivity index (χ3v) is 1.26. The van der Waals surface area contributed by atoms with E-state index >= 15 is 0 Å². The van der Waals surface area contributed by atoms with Gasteiger partial charge < -0.3 is 9.97 Å². The standard InChI is InChI=1S/C7H9N2.Rh/c1-5-4-8-7(3)9-6(5)2;/h1-3H3;/q-1;. The zero-order valence-electron chi connectivity index (χ0n) is 6.23. The zero-order chi connectivity index (χ0) is 6.85. The molecule has 0 N–H and O–H groups in total. The second kappa shape index (κ2) is 3.77. The van der Waals surface area contributed by atoms with Crippen LogP contribution in [0.1, 0.15) is 17.1 Å². The Morgan fingerprint density at radius 2 is 1.80 bits per heavy atom. The van der Waals surface area contributed by atoms with Gasteiger partial charge in [-0.25, -0.2) is 0 Å². The fourth-order valence-electron chi connectivity index (χ4n) is 0.597. The first-order chi connectivity index (χ1) is 4.20. The molecule has 0 bridgehead atoms. The van der Waals surface area contributed by atoms with Gasteiger partial charge in [-0.15, -0.1) is 5.56 Å². The summed E-state index contributed by atoms with van der Waals surface area (Å²) < 4.78 is 0. The van der Waals surface area contributed by atoms with Crippen LogP contribution in [0.2, 0.25) is 0 Å². The molecule has 0 unspecified atom stereocenters. The molecule has 3 heteroatoms. The van der Waals surface area contributed by atoms with Crippen LogP contribution in [0.3, 0.4) is 0 Å². The summed E-state index contributed by atoms with van der Waals surface area (Å²) in [4.78, 5) is 8.03. The second-order valence-electron chi connectivity index (χ2n) is 2.09. The Morgan fingerprint density at radius 1 is 1.20 bits per heavy atom. The van der Waals surface area contributed by atoms with Crippen LogP contribution in [-0.4, -0.2) is 9.97 Å². The molecule has 1 rings (SSSR count). The number of hydrogen-bond acceptors (Lipinski definition) is 2. The average molecular weight is 224 g/mol. The van der Waals surface area contributed by atoms with Crippen LogP contribution >= 0.6 is 0 Å². The predicted molar refractivity (Wildman–Crippen MR) is 35.1 cm³/mol. The first kappa shape index (κ1) is 9.70. The van der Waals surface area contributed by atoms with Gasteiger partial charge in [0.2, 0.25) is 0 Å². The predicted octanol–water partition coefficient (Wildman–Crippen LogP) is 1.20. The van der Waals surface area contributed by atoms with Crippen LogP contribution in [0.25, 0.3) is 0 Å². The summed E-state index contributed by atoms with van der Waals surface area (Å²) >= 11 is 0. The van der Waals surface area contributed by atoms with Gasteiger partial charge in [-0.1, -0.05) is 32.7 Å². The molecule has 0 saturated heterocycles. The van der Waals surface area contributed by atoms with Crippen LogP contribution in [0.5, 0.6) is 0 Å². The van der Waals surface area contributed by atoms with Gasteiger partial charge in [0.1, 0.15) is 0 Å². The fraction of sp³-hybridized carbons (Fsp3) is 0.429. The number of aryl methyl sites for hydroxylation is 3. The molecule has 1 radical (unpaired) electrons. The molecule has 1 aromatic rings. The van der Waals surface area contributed by atoms with Crippen LogP contribution in [-0.2, 0) is 19.5 Å². The SMILES string of the molecule is Cc1n[c-]c(C)c(C)n1.[Rh]. The van der Waals surface area contributed by atoms with Crippen molar-refractivity contribution < 1.29 is 19.5 Å². The Bertz CT molecular complexity index is 223. The molecule has 1 aromatic heterocycles. The average Bonchev–Trinajstić information content (AvgIpc) is 1.80. The van der Waals surface area contributed by atoms with E-state index in [0.29, 0.717) is 0 Å². The van der Waals surface area contributed by atoms with Gasteiger partial charge in [-0.2, -0.15) is 0 Å². The summed E-state index contributed by atoms with van der Waals surface area (Å²) in [5.41, 5.74) is 2.04. The molecule has 2 nitrogen and oxygen atoms in total. The Morgan fingerprint density at radius 3 is 2.20 bits per heavy atom. The summed E-state index contributed by atoms with van der Waals surface area (Å²) in [5.74, 6) is 0.790. The fourth-order valence-corrected chi connectivity index (χ4v) is 0.597. The third kappa shape index (κ3) is 2.15. The topological polar surface area (TPSA) is 25.8 Å². The molecule has 0 aliphatic carbocycles. The summed E-state index contributed by atoms with van der Waals surface area (Å²) in [7, 11) is 0. The Labute approximate surface area is 73.8 Å². The Hall–Kier alpha value is -0.297. The van der Waals surface area contributed by atoms with Crippen molar-refractivity contribution in [1.29, 1.82) is 0 Å². The van der Waals surface area contributed by atoms with Crippen LogP contribution < -0.4 is 0 Å². The Kier molecular flexibility index (Phi) is 3.66. The molecule has 10 heavy (non-hydrogen) atoms. The zero-order valence-corrected chi connectivity index (χ0v) is 7.87. The van der Waals surface area contributed by atoms with E-state index in [1.807, 2.05) is 20.8 Å². The van der Waals surface area contributed by atoms with Crippen molar-refractivity contribution in [2.75, 3.05) is 0 Å². The molecule has 1 heterocycles. The van der Waals surface area contributed by atoms with E-state index in [1.54, 1.807) is 0 Å². The Balaban J connectivity index is 0.000000810. The summed E-state index contributed by atoms with van der Waals surface area (Å²) in [6.07, 6.45) is 2.86. The van der Waals surface area contributed by atoms with Gasteiger partial charge in [-0.3, -0.25) is 0 Å². The minimum atomic E-state index is 0. The molecule has 0 atom stereocenters. The van der Waals surface area contributed by atoms with Gasteiger partial charge in [-0.05, 0) is 0 Å². The molecule has 0 aromatic carbocycles. The van der Waals surface area contributed by atoms with E-state index in [4.69, 9.17) is 0 Å². The van der Waals surface area contributed by atoms with Crippen LogP contribution in [0.15, 0.2) is 0 Å². The van der Waals surface area contributed by atoms with E-state index in [1.165, 1.54) is 0 Å². The van der Waals surface area contributed by atoms with Crippen LogP contribution in [0, 0.1) is 27.0 Å². The van der Waals surface area contributed by atoms with E-state index in [-0.39, 0.29) is 19.5 Å². The molecule has 0 aliphatic heterocycles. The maximum absolute atomic E-state index is 4.13. The van der Waals surface area contributed by atoms with Crippen molar-refractivity contribution in [3.8, 4) is 0 Å². The van der Waals surface area contributed by atoms with Crippen molar-refractivity contribution in [2.45, 2.75) is 20.8 Å². The van der Waals surface area contributed by atoms with Gasteiger partial charge in [0.15, 0.2) is 0 Å². The molecular formula is C7H9N2Rh-. The molecule has 57 valence electrons. The smallest absolute Gasteiger partial charge is 0.0106 e. The largest absolute Gasteiger partial charge is 0.373 e. The minimum Gasteiger partial charge on any atom is -0.373 e. The number of nitrogens with zero attached hydrogens (tertiary/aromatic N) is 2. The third-order valence-electron chi connectivity index (χ3n) is 1.26. The van der Waals surface area contributed by atoms with Gasteiger partial charge >= 0.3 is 0 Å². The van der Waals surface area contributed by atoms with Crippen LogP contribution in [0.4, 0.5) is 0 Å². The second-order valence-corrected chi connectivity index (χ2v) is 2.09. The number of aromatic nitrogens is 2. The van der Waals surface area contributed by atoms with E-state index in [2.05, 4.69) is 16.2 Å². The summed E-state index contributed by atoms with van der Waals surface area (Å²) in [6, 6.07) is 0. The maximum Gasteiger partial charge on any atom is 0.0106 e. The molecule has 0 fully saturated rings.